The lowest BCUT2D eigenvalue weighted by atomic mass is 10.0. The number of aryl methyl sites for hydroxylation is 1. The molecule has 1 N–H and O–H groups in total. The number of allylic oxidation sites excluding steroid dienone is 1. The number of aromatic nitrogens is 7. The highest BCUT2D eigenvalue weighted by atomic mass is 16.2. The lowest BCUT2D eigenvalue weighted by Crippen LogP contribution is -2.25. The van der Waals surface area contributed by atoms with Crippen molar-refractivity contribution >= 4 is 6.08 Å². The highest BCUT2D eigenvalue weighted by molar-refractivity contribution is 5.70. The van der Waals surface area contributed by atoms with Gasteiger partial charge in [-0.25, -0.2) is 14.6 Å². The van der Waals surface area contributed by atoms with Crippen molar-refractivity contribution in [2.45, 2.75) is 59.0 Å². The molecule has 0 aliphatic heterocycles. The Balaban J connectivity index is 1.54. The van der Waals surface area contributed by atoms with Crippen LogP contribution in [0.25, 0.3) is 28.6 Å². The lowest BCUT2D eigenvalue weighted by Gasteiger charge is -2.07. The fourth-order valence-electron chi connectivity index (χ4n) is 3.90. The number of nitrogens with one attached hydrogen (secondary N) is 1. The summed E-state index contributed by atoms with van der Waals surface area (Å²) >= 11 is 0. The van der Waals surface area contributed by atoms with Crippen LogP contribution in [0, 0.1) is 0 Å². The molecule has 34 heavy (non-hydrogen) atoms. The number of rotatable bonds is 11. The lowest BCUT2D eigenvalue weighted by molar-refractivity contribution is 0.521. The second-order valence-electron chi connectivity index (χ2n) is 8.35. The standard InChI is InChI=1S/C26H31N7O/c1-3-5-7-8-17-33-26(34)32(24(29-33)12-6-4-2)19-20-13-15-21(16-14-20)22-10-9-11-23(18-22)25-27-30-31-28-25/h6,9-16,18H,3-5,7-8,17,19H2,1-2H3,(H,27,28,30,31). The van der Waals surface area contributed by atoms with E-state index in [1.165, 1.54) is 12.8 Å². The molecule has 0 saturated heterocycles. The van der Waals surface area contributed by atoms with Gasteiger partial charge >= 0.3 is 5.69 Å². The Hall–Kier alpha value is -3.81. The zero-order valence-corrected chi connectivity index (χ0v) is 19.8. The molecule has 0 atom stereocenters. The van der Waals surface area contributed by atoms with Crippen LogP contribution in [0.2, 0.25) is 0 Å². The summed E-state index contributed by atoms with van der Waals surface area (Å²) in [4.78, 5) is 13.1. The minimum atomic E-state index is -0.0512. The molecule has 0 aliphatic rings. The molecule has 8 nitrogen and oxygen atoms in total. The van der Waals surface area contributed by atoms with E-state index in [-0.39, 0.29) is 5.69 Å². The van der Waals surface area contributed by atoms with Gasteiger partial charge in [-0.3, -0.25) is 4.57 Å². The first kappa shape index (κ1) is 23.4. The minimum Gasteiger partial charge on any atom is -0.271 e. The summed E-state index contributed by atoms with van der Waals surface area (Å²) < 4.78 is 3.38. The van der Waals surface area contributed by atoms with Crippen molar-refractivity contribution in [3.63, 3.8) is 0 Å². The number of hydrogen-bond acceptors (Lipinski definition) is 5. The van der Waals surface area contributed by atoms with Crippen LogP contribution in [0.1, 0.15) is 57.3 Å². The molecule has 0 aliphatic carbocycles. The first-order valence-electron chi connectivity index (χ1n) is 12.0. The monoisotopic (exact) mass is 457 g/mol. The van der Waals surface area contributed by atoms with Crippen molar-refractivity contribution in [2.75, 3.05) is 0 Å². The van der Waals surface area contributed by atoms with Crippen LogP contribution in [-0.4, -0.2) is 35.0 Å². The molecule has 0 fully saturated rings. The zero-order valence-electron chi connectivity index (χ0n) is 19.8. The van der Waals surface area contributed by atoms with Crippen LogP contribution >= 0.6 is 0 Å². The van der Waals surface area contributed by atoms with E-state index in [2.05, 4.69) is 76.0 Å². The zero-order chi connectivity index (χ0) is 23.8. The van der Waals surface area contributed by atoms with Crippen molar-refractivity contribution in [3.8, 4) is 22.5 Å². The third-order valence-electron chi connectivity index (χ3n) is 5.79. The average molecular weight is 458 g/mol. The molecule has 4 rings (SSSR count). The van der Waals surface area contributed by atoms with E-state index in [0.717, 1.165) is 41.5 Å². The van der Waals surface area contributed by atoms with Crippen LogP contribution < -0.4 is 5.69 Å². The van der Waals surface area contributed by atoms with Crippen LogP contribution in [0.3, 0.4) is 0 Å². The SMILES string of the molecule is CCC=Cc1nn(CCCCCC)c(=O)n1Cc1ccc(-c2cccc(-c3nnn[nH]3)c2)cc1. The van der Waals surface area contributed by atoms with E-state index in [1.807, 2.05) is 24.3 Å². The Labute approximate surface area is 199 Å². The van der Waals surface area contributed by atoms with Crippen molar-refractivity contribution in [2.24, 2.45) is 0 Å². The molecule has 0 bridgehead atoms. The molecule has 2 aromatic heterocycles. The summed E-state index contributed by atoms with van der Waals surface area (Å²) in [7, 11) is 0. The van der Waals surface area contributed by atoms with Crippen LogP contribution in [0.15, 0.2) is 59.4 Å². The van der Waals surface area contributed by atoms with Crippen LogP contribution in [-0.2, 0) is 13.1 Å². The fourth-order valence-corrected chi connectivity index (χ4v) is 3.90. The first-order valence-corrected chi connectivity index (χ1v) is 12.0. The van der Waals surface area contributed by atoms with Crippen LogP contribution in [0.5, 0.6) is 0 Å². The number of nitrogens with zero attached hydrogens (tertiary/aromatic N) is 6. The summed E-state index contributed by atoms with van der Waals surface area (Å²) in [5.41, 5.74) is 4.09. The van der Waals surface area contributed by atoms with Crippen molar-refractivity contribution in [1.82, 2.24) is 35.0 Å². The normalized spacial score (nSPS) is 11.5. The van der Waals surface area contributed by atoms with E-state index in [0.29, 0.717) is 24.7 Å². The molecule has 0 unspecified atom stereocenters. The van der Waals surface area contributed by atoms with Gasteiger partial charge in [-0.15, -0.1) is 5.10 Å². The van der Waals surface area contributed by atoms with Gasteiger partial charge in [0.25, 0.3) is 0 Å². The Morgan fingerprint density at radius 2 is 1.79 bits per heavy atom. The summed E-state index contributed by atoms with van der Waals surface area (Å²) in [6, 6.07) is 16.4. The number of tetrazole rings is 1. The first-order chi connectivity index (χ1) is 16.7. The summed E-state index contributed by atoms with van der Waals surface area (Å²) in [5, 5.41) is 18.7. The summed E-state index contributed by atoms with van der Waals surface area (Å²) in [6.07, 6.45) is 9.33. The Bertz CT molecular complexity index is 1270. The maximum atomic E-state index is 13.1. The molecular formula is C26H31N7O. The van der Waals surface area contributed by atoms with Gasteiger partial charge in [0.15, 0.2) is 11.6 Å². The highest BCUT2D eigenvalue weighted by Crippen LogP contribution is 2.24. The molecule has 0 spiro atoms. The largest absolute Gasteiger partial charge is 0.346 e. The van der Waals surface area contributed by atoms with E-state index >= 15 is 0 Å². The van der Waals surface area contributed by atoms with Gasteiger partial charge in [0, 0.05) is 12.1 Å². The molecule has 0 amide bonds. The van der Waals surface area contributed by atoms with Gasteiger partial charge in [0.2, 0.25) is 0 Å². The number of unbranched alkanes of at least 4 members (excludes halogenated alkanes) is 3. The second kappa shape index (κ2) is 11.4. The quantitative estimate of drug-likeness (QED) is 0.322. The molecular weight excluding hydrogens is 426 g/mol. The smallest absolute Gasteiger partial charge is 0.271 e. The van der Waals surface area contributed by atoms with E-state index in [4.69, 9.17) is 0 Å². The number of H-pyrrole nitrogens is 1. The van der Waals surface area contributed by atoms with Crippen molar-refractivity contribution < 1.29 is 0 Å². The molecule has 176 valence electrons. The third-order valence-corrected chi connectivity index (χ3v) is 5.79. The van der Waals surface area contributed by atoms with Gasteiger partial charge in [0.05, 0.1) is 6.54 Å². The predicted molar refractivity (Wildman–Crippen MR) is 134 cm³/mol. The summed E-state index contributed by atoms with van der Waals surface area (Å²) in [6.45, 7) is 5.41. The number of hydrogen-bond donors (Lipinski definition) is 1. The van der Waals surface area contributed by atoms with Crippen molar-refractivity contribution in [3.05, 3.63) is 76.5 Å². The Morgan fingerprint density at radius 1 is 0.971 bits per heavy atom. The maximum absolute atomic E-state index is 13.1. The van der Waals surface area contributed by atoms with Gasteiger partial charge in [-0.1, -0.05) is 81.7 Å². The average Bonchev–Trinajstić information content (AvgIpc) is 3.51. The maximum Gasteiger partial charge on any atom is 0.346 e. The minimum absolute atomic E-state index is 0.0512. The fraction of sp³-hybridized carbons (Fsp3) is 0.346. The van der Waals surface area contributed by atoms with Crippen molar-refractivity contribution in [1.29, 1.82) is 0 Å². The van der Waals surface area contributed by atoms with E-state index < -0.39 is 0 Å². The topological polar surface area (TPSA) is 94.3 Å². The number of aromatic amines is 1. The molecule has 8 heteroatoms. The van der Waals surface area contributed by atoms with E-state index in [1.54, 1.807) is 9.25 Å². The molecule has 4 aromatic rings. The van der Waals surface area contributed by atoms with E-state index in [9.17, 15) is 4.79 Å². The highest BCUT2D eigenvalue weighted by Gasteiger charge is 2.12. The van der Waals surface area contributed by atoms with Gasteiger partial charge < -0.3 is 0 Å². The van der Waals surface area contributed by atoms with Crippen LogP contribution in [0.4, 0.5) is 0 Å². The predicted octanol–water partition coefficient (Wildman–Crippen LogP) is 4.94. The summed E-state index contributed by atoms with van der Waals surface area (Å²) in [5.74, 6) is 1.34. The third kappa shape index (κ3) is 5.57. The molecule has 2 aromatic carbocycles. The van der Waals surface area contributed by atoms with Gasteiger partial charge in [0.1, 0.15) is 0 Å². The Kier molecular flexibility index (Phi) is 7.80. The number of benzene rings is 2. The van der Waals surface area contributed by atoms with Gasteiger partial charge in [-0.05, 0) is 52.1 Å². The molecule has 0 saturated carbocycles. The molecule has 2 heterocycles. The Morgan fingerprint density at radius 3 is 2.53 bits per heavy atom. The molecule has 0 radical (unpaired) electrons. The second-order valence-corrected chi connectivity index (χ2v) is 8.35. The van der Waals surface area contributed by atoms with Gasteiger partial charge in [-0.2, -0.15) is 5.10 Å².